The minimum Gasteiger partial charge on any atom is -0.357 e. The Balaban J connectivity index is 1.79. The monoisotopic (exact) mass is 379 g/mol. The van der Waals surface area contributed by atoms with Gasteiger partial charge >= 0.3 is 0 Å². The Kier molecular flexibility index (Phi) is 8.88. The first kappa shape index (κ1) is 21.5. The molecular formula is C20H37N5O2. The number of nitrogens with one attached hydrogen (secondary N) is 3. The minimum atomic E-state index is 0.0229. The number of carbonyl (C=O) groups excluding carboxylic acids is 2. The molecule has 1 heterocycles. The molecule has 1 aliphatic carbocycles. The summed E-state index contributed by atoms with van der Waals surface area (Å²) in [4.78, 5) is 31.0. The molecule has 27 heavy (non-hydrogen) atoms. The quantitative estimate of drug-likeness (QED) is 0.464. The van der Waals surface area contributed by atoms with E-state index in [1.807, 2.05) is 25.7 Å². The van der Waals surface area contributed by atoms with Gasteiger partial charge in [-0.05, 0) is 40.0 Å². The van der Waals surface area contributed by atoms with Crippen LogP contribution in [0.15, 0.2) is 4.99 Å². The Labute approximate surface area is 163 Å². The largest absolute Gasteiger partial charge is 0.357 e. The van der Waals surface area contributed by atoms with Gasteiger partial charge in [0, 0.05) is 44.1 Å². The fraction of sp³-hybridized carbons (Fsp3) is 0.850. The van der Waals surface area contributed by atoms with Crippen LogP contribution in [0.3, 0.4) is 0 Å². The second-order valence-electron chi connectivity index (χ2n) is 7.98. The predicted molar refractivity (Wildman–Crippen MR) is 109 cm³/mol. The molecule has 1 atom stereocenters. The zero-order valence-corrected chi connectivity index (χ0v) is 17.2. The van der Waals surface area contributed by atoms with Crippen molar-refractivity contribution in [2.24, 2.45) is 10.9 Å². The van der Waals surface area contributed by atoms with Crippen LogP contribution in [0, 0.1) is 5.92 Å². The first-order valence-electron chi connectivity index (χ1n) is 10.6. The van der Waals surface area contributed by atoms with Gasteiger partial charge in [0.05, 0.1) is 6.54 Å². The number of hydrogen-bond donors (Lipinski definition) is 3. The Morgan fingerprint density at radius 3 is 2.56 bits per heavy atom. The highest BCUT2D eigenvalue weighted by Crippen LogP contribution is 2.26. The maximum atomic E-state index is 12.7. The molecule has 0 aromatic carbocycles. The van der Waals surface area contributed by atoms with E-state index in [9.17, 15) is 9.59 Å². The summed E-state index contributed by atoms with van der Waals surface area (Å²) in [5.41, 5.74) is 0. The molecule has 2 rings (SSSR count). The van der Waals surface area contributed by atoms with E-state index in [1.54, 1.807) is 0 Å². The minimum absolute atomic E-state index is 0.0229. The molecule has 0 aromatic rings. The van der Waals surface area contributed by atoms with Crippen molar-refractivity contribution in [3.8, 4) is 0 Å². The number of rotatable bonds is 7. The van der Waals surface area contributed by atoms with Gasteiger partial charge in [-0.15, -0.1) is 0 Å². The summed E-state index contributed by atoms with van der Waals surface area (Å²) >= 11 is 0. The van der Waals surface area contributed by atoms with Crippen LogP contribution in [0.25, 0.3) is 0 Å². The lowest BCUT2D eigenvalue weighted by Crippen LogP contribution is -2.45. The highest BCUT2D eigenvalue weighted by molar-refractivity contribution is 5.82. The number of guanidine groups is 1. The number of likely N-dealkylation sites (tertiary alicyclic amines) is 1. The average Bonchev–Trinajstić information content (AvgIpc) is 3.10. The molecule has 1 aliphatic heterocycles. The van der Waals surface area contributed by atoms with Gasteiger partial charge < -0.3 is 20.9 Å². The molecule has 1 saturated heterocycles. The number of amides is 2. The zero-order valence-electron chi connectivity index (χ0n) is 17.2. The van der Waals surface area contributed by atoms with Gasteiger partial charge in [0.1, 0.15) is 0 Å². The summed E-state index contributed by atoms with van der Waals surface area (Å²) in [6.45, 7) is 8.71. The third kappa shape index (κ3) is 7.39. The standard InChI is InChI=1S/C20H37N5O2/c1-4-21-20(22-12-10-18(26)23-15(2)3)24-17-11-13-25(14-17)19(27)16-8-6-5-7-9-16/h15-17H,4-14H2,1-3H3,(H,23,26)(H2,21,22,24). The van der Waals surface area contributed by atoms with E-state index >= 15 is 0 Å². The van der Waals surface area contributed by atoms with E-state index in [2.05, 4.69) is 20.9 Å². The molecule has 7 heteroatoms. The molecule has 0 aromatic heterocycles. The lowest BCUT2D eigenvalue weighted by Gasteiger charge is -2.26. The van der Waals surface area contributed by atoms with Crippen molar-refractivity contribution in [2.45, 2.75) is 77.8 Å². The normalized spacial score (nSPS) is 21.4. The molecule has 7 nitrogen and oxygen atoms in total. The molecule has 0 bridgehead atoms. The van der Waals surface area contributed by atoms with Crippen molar-refractivity contribution in [3.05, 3.63) is 0 Å². The molecule has 1 unspecified atom stereocenters. The van der Waals surface area contributed by atoms with Crippen LogP contribution in [-0.4, -0.2) is 60.9 Å². The van der Waals surface area contributed by atoms with Crippen LogP contribution in [0.5, 0.6) is 0 Å². The van der Waals surface area contributed by atoms with Gasteiger partial charge in [0.2, 0.25) is 11.8 Å². The van der Waals surface area contributed by atoms with E-state index in [-0.39, 0.29) is 23.9 Å². The predicted octanol–water partition coefficient (Wildman–Crippen LogP) is 1.64. The van der Waals surface area contributed by atoms with E-state index in [0.717, 1.165) is 44.9 Å². The number of aliphatic imine (C=N–C) groups is 1. The lowest BCUT2D eigenvalue weighted by atomic mass is 9.88. The third-order valence-corrected chi connectivity index (χ3v) is 5.20. The van der Waals surface area contributed by atoms with Gasteiger partial charge in [-0.1, -0.05) is 19.3 Å². The lowest BCUT2D eigenvalue weighted by molar-refractivity contribution is -0.135. The highest BCUT2D eigenvalue weighted by Gasteiger charge is 2.31. The molecule has 3 N–H and O–H groups in total. The second kappa shape index (κ2) is 11.1. The maximum Gasteiger partial charge on any atom is 0.225 e. The molecule has 2 amide bonds. The first-order chi connectivity index (χ1) is 13.0. The fourth-order valence-corrected chi connectivity index (χ4v) is 3.86. The second-order valence-corrected chi connectivity index (χ2v) is 7.98. The summed E-state index contributed by atoms with van der Waals surface area (Å²) in [6.07, 6.45) is 7.07. The number of hydrogen-bond acceptors (Lipinski definition) is 3. The van der Waals surface area contributed by atoms with Crippen molar-refractivity contribution in [2.75, 3.05) is 26.2 Å². The molecule has 0 spiro atoms. The molecule has 0 radical (unpaired) electrons. The van der Waals surface area contributed by atoms with Gasteiger partial charge in [-0.3, -0.25) is 14.6 Å². The van der Waals surface area contributed by atoms with Gasteiger partial charge in [-0.25, -0.2) is 0 Å². The molecular weight excluding hydrogens is 342 g/mol. The highest BCUT2D eigenvalue weighted by atomic mass is 16.2. The van der Waals surface area contributed by atoms with Gasteiger partial charge in [0.15, 0.2) is 5.96 Å². The van der Waals surface area contributed by atoms with Crippen LogP contribution in [0.1, 0.15) is 65.7 Å². The molecule has 2 aliphatic rings. The Bertz CT molecular complexity index is 515. The van der Waals surface area contributed by atoms with Crippen LogP contribution in [0.2, 0.25) is 0 Å². The molecule has 1 saturated carbocycles. The van der Waals surface area contributed by atoms with Crippen molar-refractivity contribution < 1.29 is 9.59 Å². The van der Waals surface area contributed by atoms with Gasteiger partial charge in [-0.2, -0.15) is 0 Å². The van der Waals surface area contributed by atoms with Crippen LogP contribution >= 0.6 is 0 Å². The van der Waals surface area contributed by atoms with Crippen molar-refractivity contribution in [1.29, 1.82) is 0 Å². The van der Waals surface area contributed by atoms with Crippen molar-refractivity contribution >= 4 is 17.8 Å². The summed E-state index contributed by atoms with van der Waals surface area (Å²) in [5.74, 6) is 1.33. The van der Waals surface area contributed by atoms with E-state index in [1.165, 1.54) is 19.3 Å². The van der Waals surface area contributed by atoms with E-state index < -0.39 is 0 Å². The zero-order chi connectivity index (χ0) is 19.6. The third-order valence-electron chi connectivity index (χ3n) is 5.20. The average molecular weight is 380 g/mol. The number of nitrogens with zero attached hydrogens (tertiary/aromatic N) is 2. The maximum absolute atomic E-state index is 12.7. The van der Waals surface area contributed by atoms with Gasteiger partial charge in [0.25, 0.3) is 0 Å². The van der Waals surface area contributed by atoms with Crippen LogP contribution in [-0.2, 0) is 9.59 Å². The van der Waals surface area contributed by atoms with E-state index in [0.29, 0.717) is 18.9 Å². The Morgan fingerprint density at radius 1 is 1.15 bits per heavy atom. The summed E-state index contributed by atoms with van der Waals surface area (Å²) < 4.78 is 0. The van der Waals surface area contributed by atoms with Crippen LogP contribution in [0.4, 0.5) is 0 Å². The van der Waals surface area contributed by atoms with Crippen molar-refractivity contribution in [1.82, 2.24) is 20.9 Å². The van der Waals surface area contributed by atoms with E-state index in [4.69, 9.17) is 0 Å². The Hall–Kier alpha value is -1.79. The number of carbonyl (C=O) groups is 2. The fourth-order valence-electron chi connectivity index (χ4n) is 3.86. The first-order valence-corrected chi connectivity index (χ1v) is 10.6. The summed E-state index contributed by atoms with van der Waals surface area (Å²) in [7, 11) is 0. The van der Waals surface area contributed by atoms with Crippen molar-refractivity contribution in [3.63, 3.8) is 0 Å². The molecule has 154 valence electrons. The SMILES string of the molecule is CCNC(=NCCC(=O)NC(C)C)NC1CCN(C(=O)C2CCCCC2)C1. The Morgan fingerprint density at radius 2 is 1.89 bits per heavy atom. The smallest absolute Gasteiger partial charge is 0.225 e. The van der Waals surface area contributed by atoms with Crippen LogP contribution < -0.4 is 16.0 Å². The topological polar surface area (TPSA) is 85.8 Å². The molecule has 2 fully saturated rings. The summed E-state index contributed by atoms with van der Waals surface area (Å²) in [5, 5.41) is 9.55. The summed E-state index contributed by atoms with van der Waals surface area (Å²) in [6, 6.07) is 0.374.